The molecule has 0 atom stereocenters. The molecule has 5 nitrogen and oxygen atoms in total. The maximum atomic E-state index is 5.72. The van der Waals surface area contributed by atoms with Crippen LogP contribution in [-0.4, -0.2) is 29.7 Å². The fraction of sp³-hybridized carbons (Fsp3) is 0.538. The smallest absolute Gasteiger partial charge is 0.223 e. The van der Waals surface area contributed by atoms with E-state index in [9.17, 15) is 0 Å². The molecule has 0 aliphatic rings. The largest absolute Gasteiger partial charge is 0.379 e. The molecule has 0 unspecified atom stereocenters. The lowest BCUT2D eigenvalue weighted by molar-refractivity contribution is 0.118. The maximum Gasteiger partial charge on any atom is 0.223 e. The number of aromatic nitrogens is 2. The molecule has 0 fully saturated rings. The van der Waals surface area contributed by atoms with Crippen molar-refractivity contribution in [2.24, 2.45) is 5.92 Å². The average molecular weight is 280 g/mol. The third-order valence-corrected chi connectivity index (χ3v) is 3.47. The first-order chi connectivity index (χ1) is 9.06. The minimum Gasteiger partial charge on any atom is -0.379 e. The van der Waals surface area contributed by atoms with E-state index in [1.165, 1.54) is 4.88 Å². The maximum absolute atomic E-state index is 5.72. The molecule has 0 radical (unpaired) electrons. The number of aryl methyl sites for hydroxylation is 1. The molecule has 19 heavy (non-hydrogen) atoms. The Hall–Kier alpha value is -1.40. The van der Waals surface area contributed by atoms with Gasteiger partial charge in [-0.3, -0.25) is 0 Å². The lowest BCUT2D eigenvalue weighted by Gasteiger charge is -2.09. The van der Waals surface area contributed by atoms with E-state index in [-0.39, 0.29) is 0 Å². The number of fused-ring (bicyclic) bond motifs is 1. The molecule has 104 valence electrons. The molecule has 0 aliphatic carbocycles. The summed E-state index contributed by atoms with van der Waals surface area (Å²) in [6, 6.07) is 2.08. The third-order valence-electron chi connectivity index (χ3n) is 2.52. The number of rotatable bonds is 6. The summed E-state index contributed by atoms with van der Waals surface area (Å²) in [5.41, 5.74) is 5.72. The van der Waals surface area contributed by atoms with Crippen LogP contribution >= 0.6 is 11.3 Å². The van der Waals surface area contributed by atoms with Crippen LogP contribution in [0.25, 0.3) is 10.2 Å². The predicted octanol–water partition coefficient (Wildman–Crippen LogP) is 2.67. The quantitative estimate of drug-likeness (QED) is 0.796. The van der Waals surface area contributed by atoms with Gasteiger partial charge in [-0.2, -0.15) is 4.98 Å². The van der Waals surface area contributed by atoms with E-state index in [1.54, 1.807) is 11.3 Å². The number of hydrogen-bond acceptors (Lipinski definition) is 6. The van der Waals surface area contributed by atoms with Gasteiger partial charge in [-0.05, 0) is 18.9 Å². The van der Waals surface area contributed by atoms with Gasteiger partial charge in [0.05, 0.1) is 12.0 Å². The summed E-state index contributed by atoms with van der Waals surface area (Å²) in [4.78, 5) is 10.6. The topological polar surface area (TPSA) is 73.1 Å². The van der Waals surface area contributed by atoms with Gasteiger partial charge < -0.3 is 15.8 Å². The van der Waals surface area contributed by atoms with Gasteiger partial charge in [0.1, 0.15) is 10.6 Å². The van der Waals surface area contributed by atoms with Crippen molar-refractivity contribution in [3.63, 3.8) is 0 Å². The third kappa shape index (κ3) is 3.78. The molecular weight excluding hydrogens is 260 g/mol. The fourth-order valence-corrected chi connectivity index (χ4v) is 2.64. The number of thiophene rings is 1. The van der Waals surface area contributed by atoms with Crippen LogP contribution in [0.3, 0.4) is 0 Å². The second kappa shape index (κ2) is 6.16. The lowest BCUT2D eigenvalue weighted by Crippen LogP contribution is -2.13. The molecule has 2 aromatic rings. The number of nitrogen functional groups attached to an aromatic ring is 1. The van der Waals surface area contributed by atoms with Gasteiger partial charge in [0.2, 0.25) is 5.95 Å². The number of nitrogens with one attached hydrogen (secondary N) is 1. The van der Waals surface area contributed by atoms with E-state index >= 15 is 0 Å². The zero-order valence-corrected chi connectivity index (χ0v) is 12.4. The van der Waals surface area contributed by atoms with Crippen LogP contribution in [0.4, 0.5) is 11.8 Å². The molecule has 0 aliphatic heterocycles. The van der Waals surface area contributed by atoms with Crippen LogP contribution in [0.2, 0.25) is 0 Å². The highest BCUT2D eigenvalue weighted by Gasteiger charge is 2.08. The molecule has 0 bridgehead atoms. The van der Waals surface area contributed by atoms with Crippen molar-refractivity contribution >= 4 is 33.3 Å². The van der Waals surface area contributed by atoms with E-state index in [2.05, 4.69) is 42.1 Å². The second-order valence-corrected chi connectivity index (χ2v) is 6.14. The number of ether oxygens (including phenoxy) is 1. The zero-order valence-electron chi connectivity index (χ0n) is 11.6. The van der Waals surface area contributed by atoms with Crippen molar-refractivity contribution in [2.45, 2.75) is 20.8 Å². The van der Waals surface area contributed by atoms with Crippen LogP contribution in [0.5, 0.6) is 0 Å². The first-order valence-electron chi connectivity index (χ1n) is 6.41. The average Bonchev–Trinajstić information content (AvgIpc) is 2.68. The van der Waals surface area contributed by atoms with Crippen molar-refractivity contribution in [3.8, 4) is 0 Å². The molecule has 2 heterocycles. The van der Waals surface area contributed by atoms with E-state index in [0.29, 0.717) is 25.0 Å². The normalized spacial score (nSPS) is 11.4. The van der Waals surface area contributed by atoms with E-state index in [1.807, 2.05) is 0 Å². The summed E-state index contributed by atoms with van der Waals surface area (Å²) in [6.07, 6.45) is 0. The molecular formula is C13H20N4OS. The Kier molecular flexibility index (Phi) is 4.55. The van der Waals surface area contributed by atoms with Gasteiger partial charge in [-0.1, -0.05) is 13.8 Å². The van der Waals surface area contributed by atoms with E-state index in [0.717, 1.165) is 22.6 Å². The van der Waals surface area contributed by atoms with Gasteiger partial charge >= 0.3 is 0 Å². The van der Waals surface area contributed by atoms with Crippen LogP contribution in [0.1, 0.15) is 18.7 Å². The van der Waals surface area contributed by atoms with Crippen molar-refractivity contribution < 1.29 is 4.74 Å². The Balaban J connectivity index is 1.99. The molecule has 6 heteroatoms. The molecule has 2 rings (SSSR count). The second-order valence-electron chi connectivity index (χ2n) is 4.90. The van der Waals surface area contributed by atoms with Crippen LogP contribution in [-0.2, 0) is 4.74 Å². The molecule has 0 saturated carbocycles. The van der Waals surface area contributed by atoms with Crippen molar-refractivity contribution in [3.05, 3.63) is 10.9 Å². The fourth-order valence-electron chi connectivity index (χ4n) is 1.75. The van der Waals surface area contributed by atoms with Crippen LogP contribution < -0.4 is 11.1 Å². The number of nitrogens with zero attached hydrogens (tertiary/aromatic N) is 2. The Morgan fingerprint density at radius 1 is 1.42 bits per heavy atom. The minimum absolute atomic E-state index is 0.306. The van der Waals surface area contributed by atoms with Gasteiger partial charge in [0.15, 0.2) is 0 Å². The zero-order chi connectivity index (χ0) is 13.8. The summed E-state index contributed by atoms with van der Waals surface area (Å²) >= 11 is 1.63. The van der Waals surface area contributed by atoms with Crippen molar-refractivity contribution in [1.82, 2.24) is 9.97 Å². The highest BCUT2D eigenvalue weighted by molar-refractivity contribution is 7.18. The summed E-state index contributed by atoms with van der Waals surface area (Å²) < 4.78 is 5.53. The Morgan fingerprint density at radius 3 is 2.95 bits per heavy atom. The van der Waals surface area contributed by atoms with Crippen molar-refractivity contribution in [1.29, 1.82) is 0 Å². The highest BCUT2D eigenvalue weighted by atomic mass is 32.1. The number of anilines is 2. The SMILES string of the molecule is Cc1cc2c(NCCOCC(C)C)nc(N)nc2s1. The first kappa shape index (κ1) is 14.0. The lowest BCUT2D eigenvalue weighted by atomic mass is 10.2. The van der Waals surface area contributed by atoms with Gasteiger partial charge in [0.25, 0.3) is 0 Å². The standard InChI is InChI=1S/C13H20N4OS/c1-8(2)7-18-5-4-15-11-10-6-9(3)19-12(10)17-13(14)16-11/h6,8H,4-5,7H2,1-3H3,(H3,14,15,16,17). The monoisotopic (exact) mass is 280 g/mol. The van der Waals surface area contributed by atoms with Gasteiger partial charge in [-0.25, -0.2) is 4.98 Å². The summed E-state index contributed by atoms with van der Waals surface area (Å²) in [6.45, 7) is 8.48. The van der Waals surface area contributed by atoms with Crippen LogP contribution in [0, 0.1) is 12.8 Å². The molecule has 0 aromatic carbocycles. The number of hydrogen-bond donors (Lipinski definition) is 2. The van der Waals surface area contributed by atoms with Gasteiger partial charge in [0, 0.05) is 18.0 Å². The molecule has 0 amide bonds. The van der Waals surface area contributed by atoms with Crippen LogP contribution in [0.15, 0.2) is 6.07 Å². The van der Waals surface area contributed by atoms with Gasteiger partial charge in [-0.15, -0.1) is 11.3 Å². The number of nitrogens with two attached hydrogens (primary N) is 1. The minimum atomic E-state index is 0.306. The Morgan fingerprint density at radius 2 is 2.21 bits per heavy atom. The Bertz CT molecular complexity index is 553. The van der Waals surface area contributed by atoms with E-state index < -0.39 is 0 Å². The molecule has 3 N–H and O–H groups in total. The summed E-state index contributed by atoms with van der Waals surface area (Å²) in [7, 11) is 0. The Labute approximate surface area is 117 Å². The van der Waals surface area contributed by atoms with E-state index in [4.69, 9.17) is 10.5 Å². The summed E-state index contributed by atoms with van der Waals surface area (Å²) in [5.74, 6) is 1.65. The molecule has 0 spiro atoms. The highest BCUT2D eigenvalue weighted by Crippen LogP contribution is 2.28. The summed E-state index contributed by atoms with van der Waals surface area (Å²) in [5, 5.41) is 4.29. The molecule has 2 aromatic heterocycles. The van der Waals surface area contributed by atoms with Crippen molar-refractivity contribution in [2.75, 3.05) is 30.8 Å². The first-order valence-corrected chi connectivity index (χ1v) is 7.23. The molecule has 0 saturated heterocycles. The predicted molar refractivity (Wildman–Crippen MR) is 80.7 cm³/mol.